The molecule has 16 heavy (non-hydrogen) atoms. The van der Waals surface area contributed by atoms with Crippen molar-refractivity contribution in [3.63, 3.8) is 0 Å². The molecule has 0 spiro atoms. The van der Waals surface area contributed by atoms with Crippen molar-refractivity contribution in [2.75, 3.05) is 0 Å². The Kier molecular flexibility index (Phi) is 5.03. The van der Waals surface area contributed by atoms with Gasteiger partial charge in [-0.05, 0) is 69.7 Å². The third kappa shape index (κ3) is 3.09. The van der Waals surface area contributed by atoms with Gasteiger partial charge in [0, 0.05) is 3.57 Å². The van der Waals surface area contributed by atoms with Gasteiger partial charge in [0.1, 0.15) is 0 Å². The summed E-state index contributed by atoms with van der Waals surface area (Å²) in [7, 11) is 0. The maximum atomic E-state index is 3.88. The van der Waals surface area contributed by atoms with Crippen LogP contribution < -0.4 is 0 Å². The molecule has 0 atom stereocenters. The molecule has 1 aromatic rings. The number of halogens is 1. The molecule has 0 saturated heterocycles. The topological polar surface area (TPSA) is 0 Å². The Balaban J connectivity index is 3.40. The summed E-state index contributed by atoms with van der Waals surface area (Å²) in [5.41, 5.74) is 4.45. The van der Waals surface area contributed by atoms with E-state index in [0.29, 0.717) is 11.8 Å². The number of hydrogen-bond acceptors (Lipinski definition) is 0. The summed E-state index contributed by atoms with van der Waals surface area (Å²) in [6, 6.07) is 4.63. The summed E-state index contributed by atoms with van der Waals surface area (Å²) < 4.78 is 1.35. The summed E-state index contributed by atoms with van der Waals surface area (Å²) >= 11 is 2.42. The molecule has 0 aliphatic heterocycles. The second-order valence-electron chi connectivity index (χ2n) is 4.86. The van der Waals surface area contributed by atoms with Crippen LogP contribution in [0.3, 0.4) is 0 Å². The molecule has 1 aromatic carbocycles. The van der Waals surface area contributed by atoms with E-state index >= 15 is 0 Å². The summed E-state index contributed by atoms with van der Waals surface area (Å²) in [5.74, 6) is 1.17. The zero-order chi connectivity index (χ0) is 12.3. The predicted octanol–water partition coefficient (Wildman–Crippen LogP) is 5.27. The van der Waals surface area contributed by atoms with Crippen LogP contribution in [0.15, 0.2) is 24.8 Å². The van der Waals surface area contributed by atoms with Gasteiger partial charge in [-0.1, -0.05) is 33.8 Å². The van der Waals surface area contributed by atoms with Crippen molar-refractivity contribution in [3.05, 3.63) is 45.0 Å². The summed E-state index contributed by atoms with van der Waals surface area (Å²) in [6.07, 6.45) is 3.00. The zero-order valence-electron chi connectivity index (χ0n) is 10.7. The summed E-state index contributed by atoms with van der Waals surface area (Å²) in [4.78, 5) is 0. The average Bonchev–Trinajstić information content (AvgIpc) is 2.19. The minimum Gasteiger partial charge on any atom is -0.103 e. The molecule has 0 heterocycles. The van der Waals surface area contributed by atoms with Gasteiger partial charge in [0.2, 0.25) is 0 Å². The van der Waals surface area contributed by atoms with Gasteiger partial charge in [-0.2, -0.15) is 0 Å². The molecule has 1 heteroatoms. The Morgan fingerprint density at radius 3 is 1.88 bits per heavy atom. The molecule has 0 radical (unpaired) electrons. The standard InChI is InChI=1S/C15H21I/c1-6-7-13-14(10(2)3)8-12(16)9-15(13)11(4)5/h6,8-11H,1,7H2,2-5H3. The van der Waals surface area contributed by atoms with Gasteiger partial charge in [-0.3, -0.25) is 0 Å². The lowest BCUT2D eigenvalue weighted by Gasteiger charge is -2.19. The second kappa shape index (κ2) is 5.85. The quantitative estimate of drug-likeness (QED) is 0.522. The number of benzene rings is 1. The summed E-state index contributed by atoms with van der Waals surface area (Å²) in [5, 5.41) is 0. The third-order valence-electron chi connectivity index (χ3n) is 2.88. The highest BCUT2D eigenvalue weighted by Gasteiger charge is 2.13. The molecule has 0 saturated carbocycles. The van der Waals surface area contributed by atoms with Gasteiger partial charge >= 0.3 is 0 Å². The van der Waals surface area contributed by atoms with Crippen LogP contribution in [0.1, 0.15) is 56.2 Å². The van der Waals surface area contributed by atoms with Gasteiger partial charge < -0.3 is 0 Å². The summed E-state index contributed by atoms with van der Waals surface area (Å²) in [6.45, 7) is 12.9. The molecule has 0 unspecified atom stereocenters. The van der Waals surface area contributed by atoms with Gasteiger partial charge in [-0.25, -0.2) is 0 Å². The molecular weight excluding hydrogens is 307 g/mol. The molecule has 0 aliphatic rings. The van der Waals surface area contributed by atoms with Crippen LogP contribution in [0.25, 0.3) is 0 Å². The molecule has 0 amide bonds. The second-order valence-corrected chi connectivity index (χ2v) is 6.11. The first-order valence-corrected chi connectivity index (χ1v) is 6.98. The van der Waals surface area contributed by atoms with E-state index < -0.39 is 0 Å². The van der Waals surface area contributed by atoms with Crippen LogP contribution >= 0.6 is 22.6 Å². The zero-order valence-corrected chi connectivity index (χ0v) is 12.8. The highest BCUT2D eigenvalue weighted by Crippen LogP contribution is 2.30. The fraction of sp³-hybridized carbons (Fsp3) is 0.467. The highest BCUT2D eigenvalue weighted by atomic mass is 127. The van der Waals surface area contributed by atoms with E-state index in [-0.39, 0.29) is 0 Å². The minimum atomic E-state index is 0.585. The van der Waals surface area contributed by atoms with E-state index in [0.717, 1.165) is 6.42 Å². The Hall–Kier alpha value is -0.310. The fourth-order valence-electron chi connectivity index (χ4n) is 2.09. The molecular formula is C15H21I. The highest BCUT2D eigenvalue weighted by molar-refractivity contribution is 14.1. The van der Waals surface area contributed by atoms with E-state index in [1.807, 2.05) is 6.08 Å². The van der Waals surface area contributed by atoms with Crippen molar-refractivity contribution in [1.29, 1.82) is 0 Å². The molecule has 0 N–H and O–H groups in total. The van der Waals surface area contributed by atoms with Gasteiger partial charge in [0.15, 0.2) is 0 Å². The smallest absolute Gasteiger partial charge is 0.0136 e. The first-order valence-electron chi connectivity index (χ1n) is 5.90. The van der Waals surface area contributed by atoms with E-state index in [9.17, 15) is 0 Å². The lowest BCUT2D eigenvalue weighted by Crippen LogP contribution is -2.04. The van der Waals surface area contributed by atoms with Gasteiger partial charge in [0.05, 0.1) is 0 Å². The van der Waals surface area contributed by atoms with Crippen molar-refractivity contribution < 1.29 is 0 Å². The SMILES string of the molecule is C=CCc1c(C(C)C)cc(I)cc1C(C)C. The molecule has 0 aromatic heterocycles. The van der Waals surface area contributed by atoms with Crippen LogP contribution in [0, 0.1) is 3.57 Å². The first-order chi connectivity index (χ1) is 7.47. The monoisotopic (exact) mass is 328 g/mol. The molecule has 88 valence electrons. The molecule has 1 rings (SSSR count). The van der Waals surface area contributed by atoms with Crippen LogP contribution in [-0.2, 0) is 6.42 Å². The largest absolute Gasteiger partial charge is 0.103 e. The maximum Gasteiger partial charge on any atom is 0.0136 e. The first kappa shape index (κ1) is 13.8. The lowest BCUT2D eigenvalue weighted by molar-refractivity contribution is 0.806. The molecule has 0 bridgehead atoms. The number of hydrogen-bond donors (Lipinski definition) is 0. The van der Waals surface area contributed by atoms with Crippen LogP contribution in [-0.4, -0.2) is 0 Å². The van der Waals surface area contributed by atoms with Crippen LogP contribution in [0.2, 0.25) is 0 Å². The van der Waals surface area contributed by atoms with Crippen molar-refractivity contribution >= 4 is 22.6 Å². The van der Waals surface area contributed by atoms with E-state index in [1.54, 1.807) is 0 Å². The normalized spacial score (nSPS) is 11.2. The average molecular weight is 328 g/mol. The minimum absolute atomic E-state index is 0.585. The van der Waals surface area contributed by atoms with Crippen molar-refractivity contribution in [2.24, 2.45) is 0 Å². The maximum absolute atomic E-state index is 3.88. The van der Waals surface area contributed by atoms with Crippen LogP contribution in [0.5, 0.6) is 0 Å². The van der Waals surface area contributed by atoms with E-state index in [2.05, 4.69) is 69.0 Å². The number of rotatable bonds is 4. The fourth-order valence-corrected chi connectivity index (χ4v) is 2.76. The van der Waals surface area contributed by atoms with Gasteiger partial charge in [0.25, 0.3) is 0 Å². The van der Waals surface area contributed by atoms with Crippen LogP contribution in [0.4, 0.5) is 0 Å². The molecule has 0 aliphatic carbocycles. The third-order valence-corrected chi connectivity index (χ3v) is 3.50. The van der Waals surface area contributed by atoms with Crippen molar-refractivity contribution in [2.45, 2.75) is 46.0 Å². The number of allylic oxidation sites excluding steroid dienone is 1. The van der Waals surface area contributed by atoms with Gasteiger partial charge in [-0.15, -0.1) is 6.58 Å². The predicted molar refractivity (Wildman–Crippen MR) is 81.2 cm³/mol. The Labute approximate surface area is 113 Å². The lowest BCUT2D eigenvalue weighted by atomic mass is 9.87. The Morgan fingerprint density at radius 1 is 1.12 bits per heavy atom. The Bertz CT molecular complexity index is 346. The van der Waals surface area contributed by atoms with Crippen molar-refractivity contribution in [3.8, 4) is 0 Å². The van der Waals surface area contributed by atoms with Crippen molar-refractivity contribution in [1.82, 2.24) is 0 Å². The van der Waals surface area contributed by atoms with E-state index in [1.165, 1.54) is 20.3 Å². The Morgan fingerprint density at radius 2 is 1.56 bits per heavy atom. The molecule has 0 fully saturated rings. The molecule has 0 nitrogen and oxygen atoms in total. The van der Waals surface area contributed by atoms with E-state index in [4.69, 9.17) is 0 Å².